The molecule has 0 fully saturated rings. The first-order chi connectivity index (χ1) is 7.29. The van der Waals surface area contributed by atoms with Gasteiger partial charge in [-0.3, -0.25) is 0 Å². The number of hydrogen-bond acceptors (Lipinski definition) is 2. The maximum absolute atomic E-state index is 5.76. The van der Waals surface area contributed by atoms with Gasteiger partial charge in [0.25, 0.3) is 0 Å². The van der Waals surface area contributed by atoms with E-state index in [4.69, 9.17) is 4.74 Å². The van der Waals surface area contributed by atoms with Crippen molar-refractivity contribution in [3.8, 4) is 5.75 Å². The van der Waals surface area contributed by atoms with Crippen LogP contribution in [0.5, 0.6) is 5.75 Å². The number of ether oxygens (including phenoxy) is 1. The van der Waals surface area contributed by atoms with Crippen LogP contribution in [0.4, 0.5) is 0 Å². The fraction of sp³-hybridized carbons (Fsp3) is 0.455. The van der Waals surface area contributed by atoms with Gasteiger partial charge in [-0.1, -0.05) is 35.0 Å². The van der Waals surface area contributed by atoms with Gasteiger partial charge in [-0.15, -0.1) is 0 Å². The summed E-state index contributed by atoms with van der Waals surface area (Å²) < 4.78 is 6.79. The molecule has 84 valence electrons. The topological polar surface area (TPSA) is 9.23 Å². The summed E-state index contributed by atoms with van der Waals surface area (Å²) in [6.45, 7) is 2.92. The highest BCUT2D eigenvalue weighted by molar-refractivity contribution is 9.10. The van der Waals surface area contributed by atoms with Crippen LogP contribution in [0.3, 0.4) is 0 Å². The van der Waals surface area contributed by atoms with Crippen LogP contribution >= 0.6 is 43.6 Å². The molecule has 1 rings (SSSR count). The molecule has 0 bridgehead atoms. The molecule has 0 atom stereocenters. The van der Waals surface area contributed by atoms with E-state index in [0.717, 1.165) is 33.7 Å². The van der Waals surface area contributed by atoms with E-state index in [1.165, 1.54) is 5.56 Å². The van der Waals surface area contributed by atoms with E-state index in [0.29, 0.717) is 0 Å². The maximum Gasteiger partial charge on any atom is 0.137 e. The molecular weight excluding hydrogens is 340 g/mol. The summed E-state index contributed by atoms with van der Waals surface area (Å²) in [5, 5.41) is 0.822. The Balaban J connectivity index is 2.58. The summed E-state index contributed by atoms with van der Waals surface area (Å²) in [6, 6.07) is 6.10. The molecule has 1 nitrogen and oxygen atoms in total. The summed E-state index contributed by atoms with van der Waals surface area (Å²) in [5.41, 5.74) is 1.19. The number of thioether (sulfide) groups is 1. The number of para-hydroxylation sites is 1. The van der Waals surface area contributed by atoms with Gasteiger partial charge < -0.3 is 4.74 Å². The van der Waals surface area contributed by atoms with Crippen LogP contribution < -0.4 is 4.74 Å². The Kier molecular flexibility index (Phi) is 6.77. The van der Waals surface area contributed by atoms with Crippen molar-refractivity contribution < 1.29 is 4.74 Å². The summed E-state index contributed by atoms with van der Waals surface area (Å²) in [6.07, 6.45) is 0. The van der Waals surface area contributed by atoms with Gasteiger partial charge >= 0.3 is 0 Å². The van der Waals surface area contributed by atoms with Crippen LogP contribution in [0.15, 0.2) is 22.7 Å². The second kappa shape index (κ2) is 7.58. The first-order valence-corrected chi connectivity index (χ1v) is 7.90. The van der Waals surface area contributed by atoms with Crippen molar-refractivity contribution in [3.63, 3.8) is 0 Å². The Labute approximate surface area is 112 Å². The van der Waals surface area contributed by atoms with E-state index in [-0.39, 0.29) is 0 Å². The van der Waals surface area contributed by atoms with E-state index < -0.39 is 0 Å². The zero-order chi connectivity index (χ0) is 11.1. The minimum atomic E-state index is 0.765. The second-order valence-electron chi connectivity index (χ2n) is 2.91. The lowest BCUT2D eigenvalue weighted by molar-refractivity contribution is 0.339. The first kappa shape index (κ1) is 13.4. The number of hydrogen-bond donors (Lipinski definition) is 0. The molecule has 0 saturated heterocycles. The number of halogens is 2. The molecule has 1 aromatic rings. The summed E-state index contributed by atoms with van der Waals surface area (Å²) in [5.74, 6) is 3.15. The number of alkyl halides is 1. The van der Waals surface area contributed by atoms with E-state index in [1.54, 1.807) is 0 Å². The molecule has 0 aromatic heterocycles. The lowest BCUT2D eigenvalue weighted by atomic mass is 10.2. The van der Waals surface area contributed by atoms with E-state index in [1.807, 2.05) is 23.9 Å². The van der Waals surface area contributed by atoms with Gasteiger partial charge in [-0.2, -0.15) is 11.8 Å². The van der Waals surface area contributed by atoms with Crippen LogP contribution in [-0.2, 0) is 5.33 Å². The largest absolute Gasteiger partial charge is 0.491 e. The van der Waals surface area contributed by atoms with Gasteiger partial charge in [-0.25, -0.2) is 0 Å². The van der Waals surface area contributed by atoms with Crippen molar-refractivity contribution in [1.82, 2.24) is 0 Å². The van der Waals surface area contributed by atoms with Crippen LogP contribution in [0.2, 0.25) is 0 Å². The van der Waals surface area contributed by atoms with Crippen molar-refractivity contribution in [2.24, 2.45) is 0 Å². The molecule has 0 N–H and O–H groups in total. The Bertz CT molecular complexity index is 305. The van der Waals surface area contributed by atoms with Crippen LogP contribution in [-0.4, -0.2) is 18.1 Å². The molecule has 0 aliphatic carbocycles. The lowest BCUT2D eigenvalue weighted by Crippen LogP contribution is -2.02. The molecule has 4 heteroatoms. The second-order valence-corrected chi connectivity index (χ2v) is 5.72. The summed E-state index contributed by atoms with van der Waals surface area (Å²) in [7, 11) is 0. The zero-order valence-electron chi connectivity index (χ0n) is 8.63. The zero-order valence-corrected chi connectivity index (χ0v) is 12.6. The maximum atomic E-state index is 5.76. The van der Waals surface area contributed by atoms with Crippen LogP contribution in [0.1, 0.15) is 12.5 Å². The fourth-order valence-corrected chi connectivity index (χ4v) is 2.62. The van der Waals surface area contributed by atoms with E-state index >= 15 is 0 Å². The van der Waals surface area contributed by atoms with Gasteiger partial charge in [0.05, 0.1) is 11.1 Å². The highest BCUT2D eigenvalue weighted by atomic mass is 79.9. The molecular formula is C11H14Br2OS. The molecule has 0 saturated carbocycles. The molecule has 1 aromatic carbocycles. The van der Waals surface area contributed by atoms with Crippen molar-refractivity contribution in [1.29, 1.82) is 0 Å². The van der Waals surface area contributed by atoms with Gasteiger partial charge in [0.15, 0.2) is 0 Å². The summed E-state index contributed by atoms with van der Waals surface area (Å²) >= 11 is 8.86. The molecule has 0 aliphatic rings. The third-order valence-corrected chi connectivity index (χ3v) is 3.96. The minimum absolute atomic E-state index is 0.765. The summed E-state index contributed by atoms with van der Waals surface area (Å²) in [4.78, 5) is 0. The molecule has 0 radical (unpaired) electrons. The Morgan fingerprint density at radius 1 is 1.40 bits per heavy atom. The highest BCUT2D eigenvalue weighted by Gasteiger charge is 2.06. The van der Waals surface area contributed by atoms with Gasteiger partial charge in [0.2, 0.25) is 0 Å². The molecule has 0 spiro atoms. The van der Waals surface area contributed by atoms with Gasteiger partial charge in [0.1, 0.15) is 5.75 Å². The van der Waals surface area contributed by atoms with Crippen molar-refractivity contribution in [2.75, 3.05) is 18.1 Å². The SMILES string of the molecule is CCSCCOc1c(Br)cccc1CBr. The van der Waals surface area contributed by atoms with E-state index in [2.05, 4.69) is 44.8 Å². The smallest absolute Gasteiger partial charge is 0.137 e. The molecule has 0 aliphatic heterocycles. The first-order valence-electron chi connectivity index (χ1n) is 4.83. The fourth-order valence-electron chi connectivity index (χ4n) is 1.17. The van der Waals surface area contributed by atoms with E-state index in [9.17, 15) is 0 Å². The van der Waals surface area contributed by atoms with Gasteiger partial charge in [-0.05, 0) is 27.7 Å². The number of benzene rings is 1. The lowest BCUT2D eigenvalue weighted by Gasteiger charge is -2.11. The molecule has 0 heterocycles. The minimum Gasteiger partial charge on any atom is -0.491 e. The van der Waals surface area contributed by atoms with Crippen molar-refractivity contribution >= 4 is 43.6 Å². The van der Waals surface area contributed by atoms with Crippen molar-refractivity contribution in [2.45, 2.75) is 12.3 Å². The molecule has 0 amide bonds. The normalized spacial score (nSPS) is 10.3. The highest BCUT2D eigenvalue weighted by Crippen LogP contribution is 2.30. The third kappa shape index (κ3) is 4.37. The molecule has 15 heavy (non-hydrogen) atoms. The third-order valence-electron chi connectivity index (χ3n) is 1.87. The predicted molar refractivity (Wildman–Crippen MR) is 75.3 cm³/mol. The van der Waals surface area contributed by atoms with Crippen LogP contribution in [0.25, 0.3) is 0 Å². The standard InChI is InChI=1S/C11H14Br2OS/c1-2-15-7-6-14-11-9(8-12)4-3-5-10(11)13/h3-5H,2,6-8H2,1H3. The van der Waals surface area contributed by atoms with Gasteiger partial charge in [0, 0.05) is 16.6 Å². The average molecular weight is 354 g/mol. The Morgan fingerprint density at radius 3 is 2.87 bits per heavy atom. The van der Waals surface area contributed by atoms with Crippen molar-refractivity contribution in [3.05, 3.63) is 28.2 Å². The monoisotopic (exact) mass is 352 g/mol. The Hall–Kier alpha value is 0.330. The Morgan fingerprint density at radius 2 is 2.20 bits per heavy atom. The van der Waals surface area contributed by atoms with Crippen LogP contribution in [0, 0.1) is 0 Å². The average Bonchev–Trinajstić information content (AvgIpc) is 2.26. The quantitative estimate of drug-likeness (QED) is 0.551. The molecule has 0 unspecified atom stereocenters. The predicted octanol–water partition coefficient (Wildman–Crippen LogP) is 4.48. The number of rotatable bonds is 6.